The van der Waals surface area contributed by atoms with Gasteiger partial charge in [0.1, 0.15) is 6.10 Å². The van der Waals surface area contributed by atoms with Gasteiger partial charge >= 0.3 is 6.09 Å². The maximum Gasteiger partial charge on any atom is 0.408 e. The molecular formula is C16H20N2O7. The highest BCUT2D eigenvalue weighted by atomic mass is 16.6. The van der Waals surface area contributed by atoms with Crippen molar-refractivity contribution >= 4 is 35.0 Å². The van der Waals surface area contributed by atoms with Crippen molar-refractivity contribution in [2.45, 2.75) is 51.3 Å². The molecule has 2 fully saturated rings. The quantitative estimate of drug-likeness (QED) is 0.503. The van der Waals surface area contributed by atoms with Gasteiger partial charge in [0.2, 0.25) is 11.6 Å². The first-order valence-corrected chi connectivity index (χ1v) is 8.24. The molecule has 9 nitrogen and oxygen atoms in total. The largest absolute Gasteiger partial charge is 0.445 e. The van der Waals surface area contributed by atoms with Crippen LogP contribution in [0.25, 0.3) is 0 Å². The molecule has 0 aromatic heterocycles. The predicted molar refractivity (Wildman–Crippen MR) is 82.8 cm³/mol. The van der Waals surface area contributed by atoms with Gasteiger partial charge < -0.3 is 10.1 Å². The third kappa shape index (κ3) is 3.65. The number of amides is 1. The van der Waals surface area contributed by atoms with Crippen LogP contribution in [0, 0.1) is 0 Å². The average molecular weight is 352 g/mol. The molecule has 136 valence electrons. The fourth-order valence-corrected chi connectivity index (χ4v) is 3.28. The second-order valence-electron chi connectivity index (χ2n) is 5.96. The molecule has 25 heavy (non-hydrogen) atoms. The van der Waals surface area contributed by atoms with Gasteiger partial charge in [-0.3, -0.25) is 28.9 Å². The Morgan fingerprint density at radius 3 is 2.08 bits per heavy atom. The number of ether oxygens (including phenoxy) is 1. The fraction of sp³-hybridized carbons (Fsp3) is 0.625. The molecule has 2 aliphatic carbocycles. The van der Waals surface area contributed by atoms with Crippen LogP contribution in [-0.4, -0.2) is 71.2 Å². The Balaban J connectivity index is 2.03. The minimum Gasteiger partial charge on any atom is -0.445 e. The summed E-state index contributed by atoms with van der Waals surface area (Å²) in [5, 5.41) is 1.95. The minimum atomic E-state index is -1.99. The third-order valence-electron chi connectivity index (χ3n) is 4.60. The van der Waals surface area contributed by atoms with Crippen molar-refractivity contribution in [3.63, 3.8) is 0 Å². The molecule has 0 aromatic carbocycles. The molecular weight excluding hydrogens is 332 g/mol. The molecule has 2 atom stereocenters. The van der Waals surface area contributed by atoms with Gasteiger partial charge in [-0.05, 0) is 32.4 Å². The van der Waals surface area contributed by atoms with Crippen LogP contribution >= 0.6 is 0 Å². The number of likely N-dealkylation sites (N-methyl/N-ethyl adjacent to an activating group) is 1. The molecule has 0 radical (unpaired) electrons. The lowest BCUT2D eigenvalue weighted by atomic mass is 9.89. The number of alkyl carbamates (subject to hydrolysis) is 1. The molecule has 1 N–H and O–H groups in total. The lowest BCUT2D eigenvalue weighted by molar-refractivity contribution is -0.156. The first kappa shape index (κ1) is 18.9. The number of hydrogen-bond donors (Lipinski definition) is 1. The molecule has 9 heteroatoms. The Bertz CT molecular complexity index is 608. The van der Waals surface area contributed by atoms with E-state index >= 15 is 0 Å². The topological polar surface area (TPSA) is 127 Å². The van der Waals surface area contributed by atoms with Crippen molar-refractivity contribution in [1.82, 2.24) is 10.2 Å². The van der Waals surface area contributed by atoms with Crippen LogP contribution < -0.4 is 5.32 Å². The van der Waals surface area contributed by atoms with Gasteiger partial charge in [0.05, 0.1) is 0 Å². The van der Waals surface area contributed by atoms with E-state index in [-0.39, 0.29) is 6.04 Å². The summed E-state index contributed by atoms with van der Waals surface area (Å²) < 4.78 is 5.30. The molecule has 2 unspecified atom stereocenters. The van der Waals surface area contributed by atoms with Crippen LogP contribution in [0.4, 0.5) is 4.79 Å². The number of hydrogen-bond acceptors (Lipinski definition) is 8. The number of Topliss-reactive ketones (excluding diaryl/α,β-unsaturated/α-hetero) is 5. The molecule has 0 heterocycles. The molecule has 0 aromatic rings. The number of ketones is 5. The van der Waals surface area contributed by atoms with Crippen molar-refractivity contribution in [1.29, 1.82) is 0 Å². The van der Waals surface area contributed by atoms with Crippen LogP contribution in [0.5, 0.6) is 0 Å². The number of nitrogens with zero attached hydrogens (tertiary/aromatic N) is 1. The molecule has 2 aliphatic rings. The summed E-state index contributed by atoms with van der Waals surface area (Å²) in [6.45, 7) is 5.56. The Morgan fingerprint density at radius 2 is 1.56 bits per heavy atom. The number of carbonyl (C=O) groups excluding carboxylic acids is 6. The molecule has 2 rings (SSSR count). The summed E-state index contributed by atoms with van der Waals surface area (Å²) in [7, 11) is 0. The second-order valence-corrected chi connectivity index (χ2v) is 5.96. The zero-order valence-electron chi connectivity index (χ0n) is 14.1. The minimum absolute atomic E-state index is 0.0309. The van der Waals surface area contributed by atoms with Crippen molar-refractivity contribution in [3.8, 4) is 0 Å². The maximum absolute atomic E-state index is 12.0. The highest BCUT2D eigenvalue weighted by molar-refractivity contribution is 6.92. The van der Waals surface area contributed by atoms with Gasteiger partial charge in [0.25, 0.3) is 17.3 Å². The van der Waals surface area contributed by atoms with Crippen LogP contribution in [-0.2, 0) is 28.7 Å². The molecule has 2 saturated carbocycles. The second kappa shape index (κ2) is 7.64. The summed E-state index contributed by atoms with van der Waals surface area (Å²) in [4.78, 5) is 71.5. The maximum atomic E-state index is 12.0. The van der Waals surface area contributed by atoms with Crippen molar-refractivity contribution in [2.75, 3.05) is 13.1 Å². The number of rotatable bonds is 5. The standard InChI is InChI=1S/C16H20N2O7/c1-3-18(4-2)8-6-5-7-9(8)25-16(24)17-10-11(19)13(21)15(23)14(22)12(10)20/h8-10H,3-7H2,1-2H3,(H,17,24). The van der Waals surface area contributed by atoms with Crippen LogP contribution in [0.15, 0.2) is 0 Å². The first-order chi connectivity index (χ1) is 11.8. The van der Waals surface area contributed by atoms with Crippen LogP contribution in [0.3, 0.4) is 0 Å². The van der Waals surface area contributed by atoms with Gasteiger partial charge in [-0.2, -0.15) is 0 Å². The highest BCUT2D eigenvalue weighted by Crippen LogP contribution is 2.26. The fourth-order valence-electron chi connectivity index (χ4n) is 3.28. The monoisotopic (exact) mass is 352 g/mol. The van der Waals surface area contributed by atoms with E-state index < -0.39 is 47.2 Å². The Hall–Kier alpha value is -2.42. The van der Waals surface area contributed by atoms with E-state index in [0.29, 0.717) is 6.42 Å². The van der Waals surface area contributed by atoms with E-state index in [1.54, 1.807) is 0 Å². The van der Waals surface area contributed by atoms with Crippen molar-refractivity contribution in [3.05, 3.63) is 0 Å². The summed E-state index contributed by atoms with van der Waals surface area (Å²) in [5.41, 5.74) is 0. The van der Waals surface area contributed by atoms with Gasteiger partial charge in [-0.15, -0.1) is 0 Å². The smallest absolute Gasteiger partial charge is 0.408 e. The molecule has 0 bridgehead atoms. The Morgan fingerprint density at radius 1 is 1.00 bits per heavy atom. The highest BCUT2D eigenvalue weighted by Gasteiger charge is 2.49. The zero-order chi connectivity index (χ0) is 18.7. The van der Waals surface area contributed by atoms with Crippen molar-refractivity contribution in [2.24, 2.45) is 0 Å². The Labute approximate surface area is 144 Å². The third-order valence-corrected chi connectivity index (χ3v) is 4.60. The average Bonchev–Trinajstić information content (AvgIpc) is 3.04. The first-order valence-electron chi connectivity index (χ1n) is 8.24. The predicted octanol–water partition coefficient (Wildman–Crippen LogP) is -0.797. The van der Waals surface area contributed by atoms with Crippen molar-refractivity contribution < 1.29 is 33.5 Å². The van der Waals surface area contributed by atoms with Gasteiger partial charge in [0.15, 0.2) is 6.04 Å². The summed E-state index contributed by atoms with van der Waals surface area (Å²) >= 11 is 0. The van der Waals surface area contributed by atoms with E-state index in [9.17, 15) is 28.8 Å². The lowest BCUT2D eigenvalue weighted by Gasteiger charge is -2.31. The van der Waals surface area contributed by atoms with Gasteiger partial charge in [-0.25, -0.2) is 4.79 Å². The van der Waals surface area contributed by atoms with Gasteiger partial charge in [0, 0.05) is 6.04 Å². The molecule has 0 saturated heterocycles. The normalized spacial score (nSPS) is 25.0. The van der Waals surface area contributed by atoms with E-state index in [4.69, 9.17) is 4.74 Å². The Kier molecular flexibility index (Phi) is 5.78. The summed E-state index contributed by atoms with van der Waals surface area (Å²) in [5.74, 6) is -7.70. The molecule has 0 spiro atoms. The number of nitrogens with one attached hydrogen (secondary N) is 1. The van der Waals surface area contributed by atoms with Gasteiger partial charge in [-0.1, -0.05) is 13.8 Å². The molecule has 1 amide bonds. The van der Waals surface area contributed by atoms with Crippen LogP contribution in [0.2, 0.25) is 0 Å². The molecule has 0 aliphatic heterocycles. The van der Waals surface area contributed by atoms with E-state index in [1.165, 1.54) is 0 Å². The van der Waals surface area contributed by atoms with E-state index in [2.05, 4.69) is 4.90 Å². The van der Waals surface area contributed by atoms with E-state index in [0.717, 1.165) is 25.9 Å². The van der Waals surface area contributed by atoms with E-state index in [1.807, 2.05) is 19.2 Å². The lowest BCUT2D eigenvalue weighted by Crippen LogP contribution is -2.59. The summed E-state index contributed by atoms with van der Waals surface area (Å²) in [6, 6.07) is -1.96. The summed E-state index contributed by atoms with van der Waals surface area (Å²) in [6.07, 6.45) is 0.878. The SMILES string of the molecule is CCN(CC)C1CCCC1OC(=O)NC1C(=O)C(=O)C(=O)C(=O)C1=O. The number of carbonyl (C=O) groups is 6. The zero-order valence-corrected chi connectivity index (χ0v) is 14.1. The van der Waals surface area contributed by atoms with Crippen LogP contribution in [0.1, 0.15) is 33.1 Å².